The number of ketones is 1. The molecule has 1 unspecified atom stereocenters. The van der Waals surface area contributed by atoms with Gasteiger partial charge in [0.15, 0.2) is 0 Å². The lowest BCUT2D eigenvalue weighted by Crippen LogP contribution is -2.30. The number of nitrogens with zero attached hydrogens (tertiary/aromatic N) is 1. The molecule has 0 spiro atoms. The van der Waals surface area contributed by atoms with E-state index in [0.717, 1.165) is 12.8 Å². The van der Waals surface area contributed by atoms with Crippen molar-refractivity contribution in [1.82, 2.24) is 4.90 Å². The van der Waals surface area contributed by atoms with Gasteiger partial charge in [-0.15, -0.1) is 0 Å². The van der Waals surface area contributed by atoms with Crippen molar-refractivity contribution in [3.8, 4) is 11.5 Å². The topological polar surface area (TPSA) is 76.1 Å². The van der Waals surface area contributed by atoms with E-state index in [1.54, 1.807) is 24.3 Å². The number of benzene rings is 2. The van der Waals surface area contributed by atoms with Crippen LogP contribution in [0.25, 0.3) is 5.76 Å². The monoisotopic (exact) mass is 463 g/mol. The molecular weight excluding hydrogens is 441 g/mol. The average Bonchev–Trinajstić information content (AvgIpc) is 3.02. The van der Waals surface area contributed by atoms with E-state index in [2.05, 4.69) is 0 Å². The number of carbonyl (C=O) groups is 2. The van der Waals surface area contributed by atoms with Gasteiger partial charge in [-0.3, -0.25) is 9.59 Å². The third-order valence-electron chi connectivity index (χ3n) is 5.21. The van der Waals surface area contributed by atoms with E-state index in [0.29, 0.717) is 22.9 Å². The maximum Gasteiger partial charge on any atom is 0.295 e. The zero-order valence-electron chi connectivity index (χ0n) is 17.4. The fourth-order valence-electron chi connectivity index (χ4n) is 3.62. The van der Waals surface area contributed by atoms with Crippen molar-refractivity contribution in [2.75, 3.05) is 20.8 Å². The summed E-state index contributed by atoms with van der Waals surface area (Å²) in [5.41, 5.74) is 0.850. The Balaban J connectivity index is 2.24. The van der Waals surface area contributed by atoms with E-state index < -0.39 is 17.7 Å². The van der Waals surface area contributed by atoms with Crippen LogP contribution in [-0.4, -0.2) is 42.5 Å². The first-order valence-electron chi connectivity index (χ1n) is 9.79. The maximum absolute atomic E-state index is 13.0. The highest BCUT2D eigenvalue weighted by atomic mass is 35.5. The fourth-order valence-corrected chi connectivity index (χ4v) is 3.98. The smallest absolute Gasteiger partial charge is 0.295 e. The van der Waals surface area contributed by atoms with Crippen LogP contribution in [0.2, 0.25) is 10.0 Å². The Bertz CT molecular complexity index is 1030. The molecule has 1 N–H and O–H groups in total. The zero-order valence-corrected chi connectivity index (χ0v) is 19.0. The normalized spacial score (nSPS) is 17.8. The second-order valence-electron chi connectivity index (χ2n) is 7.08. The molecule has 0 radical (unpaired) electrons. The first kappa shape index (κ1) is 23.0. The Morgan fingerprint density at radius 3 is 2.29 bits per heavy atom. The van der Waals surface area contributed by atoms with Gasteiger partial charge < -0.3 is 19.5 Å². The standard InChI is InChI=1S/C23H23Cl2NO5/c1-4-5-10-26-20(13-6-8-14(24)9-7-13)19(22(28)23(26)29)21(27)15-11-18(31-3)16(25)12-17(15)30-2/h6-9,11-12,20,27H,4-5,10H2,1-3H3/b21-19+. The summed E-state index contributed by atoms with van der Waals surface area (Å²) in [5, 5.41) is 12.0. The van der Waals surface area contributed by atoms with Crippen molar-refractivity contribution in [1.29, 1.82) is 0 Å². The van der Waals surface area contributed by atoms with Gasteiger partial charge >= 0.3 is 0 Å². The SMILES string of the molecule is CCCCN1C(=O)C(=O)/C(=C(/O)c2cc(OC)c(Cl)cc2OC)C1c1ccc(Cl)cc1. The molecule has 164 valence electrons. The molecule has 1 atom stereocenters. The number of Topliss-reactive ketones (excluding diaryl/α,β-unsaturated/α-hetero) is 1. The molecule has 1 saturated heterocycles. The molecule has 0 saturated carbocycles. The van der Waals surface area contributed by atoms with Crippen molar-refractivity contribution in [3.63, 3.8) is 0 Å². The molecule has 3 rings (SSSR count). The maximum atomic E-state index is 13.0. The van der Waals surface area contributed by atoms with E-state index in [4.69, 9.17) is 32.7 Å². The number of hydrogen-bond donors (Lipinski definition) is 1. The van der Waals surface area contributed by atoms with E-state index in [-0.39, 0.29) is 27.7 Å². The van der Waals surface area contributed by atoms with Crippen LogP contribution in [-0.2, 0) is 9.59 Å². The lowest BCUT2D eigenvalue weighted by molar-refractivity contribution is -0.139. The molecule has 2 aromatic rings. The van der Waals surface area contributed by atoms with Crippen molar-refractivity contribution < 1.29 is 24.2 Å². The van der Waals surface area contributed by atoms with Gasteiger partial charge in [-0.2, -0.15) is 0 Å². The van der Waals surface area contributed by atoms with Gasteiger partial charge in [-0.05, 0) is 30.2 Å². The van der Waals surface area contributed by atoms with Gasteiger partial charge in [0.2, 0.25) is 0 Å². The summed E-state index contributed by atoms with van der Waals surface area (Å²) in [6.45, 7) is 2.38. The van der Waals surface area contributed by atoms with Crippen molar-refractivity contribution in [2.24, 2.45) is 0 Å². The number of likely N-dealkylation sites (tertiary alicyclic amines) is 1. The van der Waals surface area contributed by atoms with Crippen molar-refractivity contribution >= 4 is 40.7 Å². The second-order valence-corrected chi connectivity index (χ2v) is 7.93. The van der Waals surface area contributed by atoms with Gasteiger partial charge in [0.1, 0.15) is 17.3 Å². The predicted molar refractivity (Wildman–Crippen MR) is 120 cm³/mol. The minimum Gasteiger partial charge on any atom is -0.507 e. The molecule has 1 heterocycles. The number of ether oxygens (including phenoxy) is 2. The Hall–Kier alpha value is -2.70. The molecular formula is C23H23Cl2NO5. The fraction of sp³-hybridized carbons (Fsp3) is 0.304. The van der Waals surface area contributed by atoms with Crippen LogP contribution in [0.4, 0.5) is 0 Å². The molecule has 0 bridgehead atoms. The number of aliphatic hydroxyl groups excluding tert-OH is 1. The lowest BCUT2D eigenvalue weighted by Gasteiger charge is -2.25. The number of hydrogen-bond acceptors (Lipinski definition) is 5. The molecule has 0 aromatic heterocycles. The summed E-state index contributed by atoms with van der Waals surface area (Å²) in [4.78, 5) is 27.4. The molecule has 6 nitrogen and oxygen atoms in total. The first-order chi connectivity index (χ1) is 14.8. The highest BCUT2D eigenvalue weighted by Gasteiger charge is 2.46. The van der Waals surface area contributed by atoms with Crippen LogP contribution in [0.5, 0.6) is 11.5 Å². The van der Waals surface area contributed by atoms with Crippen molar-refractivity contribution in [3.05, 3.63) is 63.1 Å². The molecule has 2 aromatic carbocycles. The Morgan fingerprint density at radius 1 is 1.06 bits per heavy atom. The number of methoxy groups -OCH3 is 2. The number of rotatable bonds is 7. The van der Waals surface area contributed by atoms with Crippen LogP contribution in [0.3, 0.4) is 0 Å². The van der Waals surface area contributed by atoms with Crippen LogP contribution in [0.1, 0.15) is 36.9 Å². The third-order valence-corrected chi connectivity index (χ3v) is 5.75. The van der Waals surface area contributed by atoms with Gasteiger partial charge in [0.25, 0.3) is 11.7 Å². The summed E-state index contributed by atoms with van der Waals surface area (Å²) in [5.74, 6) is -1.23. The summed E-state index contributed by atoms with van der Waals surface area (Å²) < 4.78 is 10.6. The highest BCUT2D eigenvalue weighted by Crippen LogP contribution is 2.43. The summed E-state index contributed by atoms with van der Waals surface area (Å²) in [6, 6.07) is 9.06. The quantitative estimate of drug-likeness (QED) is 0.345. The lowest BCUT2D eigenvalue weighted by atomic mass is 9.95. The number of amides is 1. The van der Waals surface area contributed by atoms with Crippen molar-refractivity contribution in [2.45, 2.75) is 25.8 Å². The van der Waals surface area contributed by atoms with E-state index in [9.17, 15) is 14.7 Å². The number of unbranched alkanes of at least 4 members (excludes halogenated alkanes) is 1. The Kier molecular flexibility index (Phi) is 7.13. The van der Waals surface area contributed by atoms with Crippen LogP contribution in [0, 0.1) is 0 Å². The van der Waals surface area contributed by atoms with Crippen LogP contribution < -0.4 is 9.47 Å². The molecule has 1 amide bonds. The predicted octanol–water partition coefficient (Wildman–Crippen LogP) is 5.23. The average molecular weight is 464 g/mol. The number of halogens is 2. The number of carbonyl (C=O) groups excluding carboxylic acids is 2. The minimum absolute atomic E-state index is 0.0221. The Morgan fingerprint density at radius 2 is 1.71 bits per heavy atom. The van der Waals surface area contributed by atoms with Gasteiger partial charge in [-0.25, -0.2) is 0 Å². The van der Waals surface area contributed by atoms with Crippen LogP contribution in [0.15, 0.2) is 42.0 Å². The van der Waals surface area contributed by atoms with Gasteiger partial charge in [0, 0.05) is 17.6 Å². The van der Waals surface area contributed by atoms with E-state index in [1.807, 2.05) is 6.92 Å². The largest absolute Gasteiger partial charge is 0.507 e. The second kappa shape index (κ2) is 9.62. The highest BCUT2D eigenvalue weighted by molar-refractivity contribution is 6.46. The first-order valence-corrected chi connectivity index (χ1v) is 10.5. The summed E-state index contributed by atoms with van der Waals surface area (Å²) in [7, 11) is 2.86. The molecule has 1 aliphatic rings. The van der Waals surface area contributed by atoms with Gasteiger partial charge in [-0.1, -0.05) is 48.7 Å². The summed E-state index contributed by atoms with van der Waals surface area (Å²) >= 11 is 12.2. The zero-order chi connectivity index (χ0) is 22.7. The number of aliphatic hydroxyl groups is 1. The van der Waals surface area contributed by atoms with E-state index >= 15 is 0 Å². The Labute approximate surface area is 191 Å². The van der Waals surface area contributed by atoms with Gasteiger partial charge in [0.05, 0.1) is 36.4 Å². The molecule has 1 fully saturated rings. The van der Waals surface area contributed by atoms with Crippen LogP contribution >= 0.6 is 23.2 Å². The molecule has 8 heteroatoms. The minimum atomic E-state index is -0.760. The van der Waals surface area contributed by atoms with E-state index in [1.165, 1.54) is 31.3 Å². The molecule has 1 aliphatic heterocycles. The molecule has 0 aliphatic carbocycles. The third kappa shape index (κ3) is 4.36. The summed E-state index contributed by atoms with van der Waals surface area (Å²) in [6.07, 6.45) is 1.56. The molecule has 31 heavy (non-hydrogen) atoms.